The molecule has 46 nitrogen and oxygen atoms in total. The van der Waals surface area contributed by atoms with E-state index in [1.807, 2.05) is 52.0 Å². The topological polar surface area (TPSA) is 647 Å². The van der Waals surface area contributed by atoms with Crippen LogP contribution >= 0.6 is 0 Å². The Morgan fingerprint density at radius 2 is 0.455 bits per heavy atom. The molecule has 0 saturated heterocycles. The van der Waals surface area contributed by atoms with Crippen molar-refractivity contribution in [3.63, 3.8) is 0 Å². The molecule has 2 rings (SSSR count). The third-order valence-electron chi connectivity index (χ3n) is 18.6. The summed E-state index contributed by atoms with van der Waals surface area (Å²) in [5, 5.41) is 18.1. The summed E-state index contributed by atoms with van der Waals surface area (Å²) in [6.07, 6.45) is 1.96. The first-order valence-corrected chi connectivity index (χ1v) is 55.9. The Hall–Kier alpha value is -2.02. The van der Waals surface area contributed by atoms with Crippen LogP contribution in [-0.2, 0) is 196 Å². The third-order valence-corrected chi connectivity index (χ3v) is 22.9. The molecule has 828 valence electrons. The Morgan fingerprint density at radius 3 is 0.643 bits per heavy atom. The van der Waals surface area contributed by atoms with Crippen LogP contribution in [0.2, 0.25) is 0 Å². The van der Waals surface area contributed by atoms with E-state index in [1.165, 1.54) is 11.1 Å². The van der Waals surface area contributed by atoms with Crippen molar-refractivity contribution in [2.75, 3.05) is 287 Å². The fraction of sp³-hybridized carbons (Fsp3) is 0.818. The van der Waals surface area contributed by atoms with Crippen molar-refractivity contribution >= 4 is 84.6 Å². The Labute approximate surface area is 915 Å². The zero-order valence-corrected chi connectivity index (χ0v) is 97.3. The number of esters is 4. The van der Waals surface area contributed by atoms with Gasteiger partial charge in [-0.2, -0.15) is 25.3 Å². The van der Waals surface area contributed by atoms with E-state index < -0.39 is 127 Å². The largest absolute Gasteiger partial charge is 1.00 e. The van der Waals surface area contributed by atoms with Crippen molar-refractivity contribution in [1.82, 2.24) is 0 Å². The van der Waals surface area contributed by atoms with Gasteiger partial charge in [0.15, 0.2) is 0 Å². The predicted octanol–water partition coefficient (Wildman–Crippen LogP) is -3.97. The molecule has 0 spiro atoms. The molecule has 2 aromatic rings. The second-order valence-corrected chi connectivity index (χ2v) is 39.6. The second kappa shape index (κ2) is 101. The fourth-order valence-corrected chi connectivity index (χ4v) is 12.4. The summed E-state index contributed by atoms with van der Waals surface area (Å²) < 4.78 is 297. The van der Waals surface area contributed by atoms with Crippen LogP contribution < -0.4 is 88.7 Å². The first kappa shape index (κ1) is 154. The van der Waals surface area contributed by atoms with Gasteiger partial charge in [-0.15, -0.1) is 0 Å². The first-order chi connectivity index (χ1) is 66.1. The van der Waals surface area contributed by atoms with E-state index in [9.17, 15) is 83.3 Å². The summed E-state index contributed by atoms with van der Waals surface area (Å²) >= 11 is 0. The fourth-order valence-electron chi connectivity index (χ4n) is 9.39. The smallest absolute Gasteiger partial charge is 0.748 e. The van der Waals surface area contributed by atoms with Crippen LogP contribution in [0.4, 0.5) is 0 Å². The minimum atomic E-state index is -4.49. The summed E-state index contributed by atoms with van der Waals surface area (Å²) in [4.78, 5) is 45.1. The Balaban J connectivity index is -0.000000329. The number of rotatable bonds is 84. The van der Waals surface area contributed by atoms with Crippen molar-refractivity contribution in [1.29, 1.82) is 0 Å². The van der Waals surface area contributed by atoms with E-state index in [2.05, 4.69) is 37.2 Å². The molecule has 0 aromatic heterocycles. The molecule has 2 aromatic carbocycles. The zero-order valence-electron chi connectivity index (χ0n) is 86.4. The van der Waals surface area contributed by atoms with E-state index in [4.69, 9.17) is 119 Å². The zero-order chi connectivity index (χ0) is 106. The molecule has 0 radical (unpaired) electrons. The Bertz CT molecular complexity index is 3770. The van der Waals surface area contributed by atoms with Gasteiger partial charge in [0.05, 0.1) is 315 Å². The number of carbonyl (C=O) groups excluding carboxylic acids is 4. The van der Waals surface area contributed by atoms with Gasteiger partial charge in [0, 0.05) is 0 Å². The number of aliphatic hydroxyl groups excluding tert-OH is 2. The van der Waals surface area contributed by atoms with Crippen molar-refractivity contribution < 1.29 is 300 Å². The number of aliphatic hydroxyl groups is 2. The summed E-state index contributed by atoms with van der Waals surface area (Å²) in [5.74, 6) is -4.69. The van der Waals surface area contributed by atoms with Gasteiger partial charge in [0.1, 0.15) is 50.1 Å². The van der Waals surface area contributed by atoms with Crippen molar-refractivity contribution in [2.24, 2.45) is 23.7 Å². The maximum Gasteiger partial charge on any atom is 1.00 e. The first-order valence-electron chi connectivity index (χ1n) is 46.3. The summed E-state index contributed by atoms with van der Waals surface area (Å²) in [5.41, 5.74) is 3.53. The number of carbonyl (C=O) groups is 4. The Morgan fingerprint density at radius 1 is 0.252 bits per heavy atom. The van der Waals surface area contributed by atoms with Gasteiger partial charge in [-0.25, -0.2) is 25.3 Å². The molecule has 0 saturated carbocycles. The van der Waals surface area contributed by atoms with Crippen molar-refractivity contribution in [3.8, 4) is 0 Å². The second-order valence-electron chi connectivity index (χ2n) is 30.7. The van der Waals surface area contributed by atoms with Gasteiger partial charge >= 0.3 is 113 Å². The van der Waals surface area contributed by atoms with Gasteiger partial charge in [-0.3, -0.25) is 32.8 Å². The monoisotopic (exact) mass is 2210 g/mol. The van der Waals surface area contributed by atoms with Crippen LogP contribution in [0.3, 0.4) is 0 Å². The summed E-state index contributed by atoms with van der Waals surface area (Å²) in [6.45, 7) is 36.7. The van der Waals surface area contributed by atoms with E-state index in [-0.39, 0.29) is 170 Å². The minimum absolute atomic E-state index is 0. The number of ether oxygens (including phenoxy) is 22. The molecule has 5 N–H and O–H groups in total. The molecule has 8 unspecified atom stereocenters. The van der Waals surface area contributed by atoms with Crippen LogP contribution in [0.25, 0.3) is 0 Å². The number of benzene rings is 2. The molecule has 55 heteroatoms. The van der Waals surface area contributed by atoms with Crippen molar-refractivity contribution in [3.05, 3.63) is 70.8 Å². The average Bonchev–Trinajstić information content (AvgIpc) is 0.874. The Kier molecular flexibility index (Phi) is 108. The van der Waals surface area contributed by atoms with E-state index in [0.717, 1.165) is 25.7 Å². The van der Waals surface area contributed by atoms with E-state index in [1.54, 1.807) is 52.0 Å². The average molecular weight is 2220 g/mol. The van der Waals surface area contributed by atoms with Gasteiger partial charge < -0.3 is 128 Å². The van der Waals surface area contributed by atoms with Crippen LogP contribution in [0, 0.1) is 23.7 Å². The molecule has 0 aliphatic rings. The van der Waals surface area contributed by atoms with Gasteiger partial charge in [-0.05, 0) is 72.6 Å². The number of hydrogen-bond acceptors (Lipinski definition) is 43. The summed E-state index contributed by atoms with van der Waals surface area (Å²) in [7, 11) is -25.0. The van der Waals surface area contributed by atoms with Gasteiger partial charge in [0.2, 0.25) is 0 Å². The standard InChI is InChI=1S/2C25H50O14S.2C11H16O3S.2C8H16O6S.3Na/c2*1-3-24(2)25(26)39-21-20-37-17-16-35-13-12-33-9-8-31-5-4-30-6-7-32-10-11-34-14-15-36-18-19-38-22-23-40(27,28)29;2*1-3-9(2)11-6-4-10(5-7-11)8-15(12,13)14;2*1-3-6(2)8(10)14-4-7(9)5-15(11,12)13;;;/h2*24H,3-23H2,1-2H3,(H,27,28,29);2*4-7,9H,3,8H2,1-2H3,(H,12,13,14);2*6-7,9H,3-5H2,1-2H3,(H,11,12,13);;;/q;;;;;;3*+1/p-3. The number of hydrogen-bond donors (Lipinski definition) is 5. The molecule has 143 heavy (non-hydrogen) atoms. The molecular weight excluding hydrogens is 2050 g/mol. The van der Waals surface area contributed by atoms with Gasteiger partial charge in [-0.1, -0.05) is 132 Å². The normalized spacial score (nSPS) is 13.2. The third kappa shape index (κ3) is 115. The molecule has 0 bridgehead atoms. The quantitative estimate of drug-likeness (QED) is 0.0139. The summed E-state index contributed by atoms with van der Waals surface area (Å²) in [6, 6.07) is 14.5. The van der Waals surface area contributed by atoms with E-state index in [0.29, 0.717) is 247 Å². The maximum atomic E-state index is 11.5. The van der Waals surface area contributed by atoms with Gasteiger partial charge in [0.25, 0.3) is 30.4 Å². The molecule has 0 amide bonds. The predicted molar refractivity (Wildman–Crippen MR) is 509 cm³/mol. The SMILES string of the molecule is CCC(C)C(=O)OCC(O)CS(=O)(=O)O.CCC(C)C(=O)OCC(O)CS(=O)(=O)[O-].CCC(C)C(=O)OCCOCCOCCOCCOCCOCCOCCOCCOCCOCCS(=O)(=O)O.CCC(C)C(=O)OCCOCCOCCOCCOCCOCCOCCOCCOCCOCCS(=O)(=O)[O-].CCC(C)c1ccc(CS(=O)(=O)O)cc1.CCC(C)c1ccc(CS(=O)(=O)[O-])cc1.[Na+].[Na+].[Na+]. The molecule has 0 heterocycles. The molecule has 0 aliphatic heterocycles. The molecule has 0 aliphatic carbocycles. The van der Waals surface area contributed by atoms with Crippen molar-refractivity contribution in [2.45, 2.75) is 157 Å². The van der Waals surface area contributed by atoms with Crippen LogP contribution in [0.5, 0.6) is 0 Å². The van der Waals surface area contributed by atoms with E-state index >= 15 is 0 Å². The van der Waals surface area contributed by atoms with Crippen LogP contribution in [0.15, 0.2) is 48.5 Å². The maximum absolute atomic E-state index is 11.5. The molecule has 8 atom stereocenters. The molecular formula is C88H161Na3O46S6. The van der Waals surface area contributed by atoms with Crippen LogP contribution in [-0.4, -0.2) is 411 Å². The van der Waals surface area contributed by atoms with Crippen LogP contribution in [0.1, 0.15) is 156 Å². The molecule has 0 fully saturated rings. The minimum Gasteiger partial charge on any atom is -0.748 e.